The standard InChI is InChI=1S/C9H9BrF3NO/c10-7-3-5(9(11,12)13)1-2-6(7)8(15)4-14/h1-3,8,15H,4,14H2/t8-/m1/s1. The molecule has 1 aromatic rings. The third-order valence-electron chi connectivity index (χ3n) is 1.91. The van der Waals surface area contributed by atoms with Gasteiger partial charge >= 0.3 is 6.18 Å². The van der Waals surface area contributed by atoms with Gasteiger partial charge in [-0.1, -0.05) is 22.0 Å². The summed E-state index contributed by atoms with van der Waals surface area (Å²) >= 11 is 2.97. The van der Waals surface area contributed by atoms with Crippen molar-refractivity contribution in [1.82, 2.24) is 0 Å². The Kier molecular flexibility index (Phi) is 3.75. The second-order valence-electron chi connectivity index (χ2n) is 2.99. The van der Waals surface area contributed by atoms with Crippen LogP contribution in [0.25, 0.3) is 0 Å². The average Bonchev–Trinajstić information content (AvgIpc) is 2.15. The molecule has 6 heteroatoms. The second-order valence-corrected chi connectivity index (χ2v) is 3.84. The van der Waals surface area contributed by atoms with E-state index < -0.39 is 17.8 Å². The minimum Gasteiger partial charge on any atom is -0.387 e. The maximum Gasteiger partial charge on any atom is 0.416 e. The maximum atomic E-state index is 12.3. The molecule has 0 aliphatic carbocycles. The van der Waals surface area contributed by atoms with Gasteiger partial charge in [-0.3, -0.25) is 0 Å². The quantitative estimate of drug-likeness (QED) is 0.876. The Bertz CT molecular complexity index is 354. The van der Waals surface area contributed by atoms with E-state index in [2.05, 4.69) is 15.9 Å². The molecule has 0 heterocycles. The summed E-state index contributed by atoms with van der Waals surface area (Å²) in [5.74, 6) is 0. The fourth-order valence-electron chi connectivity index (χ4n) is 1.10. The first-order valence-electron chi connectivity index (χ1n) is 4.11. The minimum absolute atomic E-state index is 0.0377. The number of benzene rings is 1. The number of aliphatic hydroxyl groups is 1. The van der Waals surface area contributed by atoms with Crippen molar-refractivity contribution in [3.63, 3.8) is 0 Å². The number of hydrogen-bond donors (Lipinski definition) is 2. The lowest BCUT2D eigenvalue weighted by Gasteiger charge is -2.13. The van der Waals surface area contributed by atoms with Crippen molar-refractivity contribution in [2.75, 3.05) is 6.54 Å². The van der Waals surface area contributed by atoms with Crippen LogP contribution >= 0.6 is 15.9 Å². The highest BCUT2D eigenvalue weighted by Crippen LogP contribution is 2.33. The van der Waals surface area contributed by atoms with Gasteiger partial charge in [-0.25, -0.2) is 0 Å². The van der Waals surface area contributed by atoms with Crippen molar-refractivity contribution >= 4 is 15.9 Å². The maximum absolute atomic E-state index is 12.3. The highest BCUT2D eigenvalue weighted by molar-refractivity contribution is 9.10. The molecule has 15 heavy (non-hydrogen) atoms. The Hall–Kier alpha value is -0.590. The first-order valence-corrected chi connectivity index (χ1v) is 4.90. The SMILES string of the molecule is NC[C@@H](O)c1ccc(C(F)(F)F)cc1Br. The number of rotatable bonds is 2. The lowest BCUT2D eigenvalue weighted by atomic mass is 10.1. The minimum atomic E-state index is -4.38. The zero-order valence-electron chi connectivity index (χ0n) is 7.55. The van der Waals surface area contributed by atoms with Crippen LogP contribution in [0.4, 0.5) is 13.2 Å². The van der Waals surface area contributed by atoms with Gasteiger partial charge in [-0.15, -0.1) is 0 Å². The van der Waals surface area contributed by atoms with Crippen molar-refractivity contribution in [3.8, 4) is 0 Å². The van der Waals surface area contributed by atoms with E-state index in [4.69, 9.17) is 5.73 Å². The van der Waals surface area contributed by atoms with Crippen LogP contribution in [-0.4, -0.2) is 11.7 Å². The van der Waals surface area contributed by atoms with Crippen LogP contribution in [0.15, 0.2) is 22.7 Å². The molecular weight excluding hydrogens is 275 g/mol. The number of nitrogens with two attached hydrogens (primary N) is 1. The normalized spacial score (nSPS) is 14.0. The molecule has 2 nitrogen and oxygen atoms in total. The molecule has 0 aliphatic rings. The Morgan fingerprint density at radius 3 is 2.40 bits per heavy atom. The summed E-state index contributed by atoms with van der Waals surface area (Å²) in [7, 11) is 0. The van der Waals surface area contributed by atoms with E-state index in [0.717, 1.165) is 12.1 Å². The first-order chi connectivity index (χ1) is 6.86. The van der Waals surface area contributed by atoms with Gasteiger partial charge in [0.05, 0.1) is 11.7 Å². The van der Waals surface area contributed by atoms with E-state index in [-0.39, 0.29) is 11.0 Å². The molecule has 0 saturated heterocycles. The van der Waals surface area contributed by atoms with Crippen molar-refractivity contribution in [3.05, 3.63) is 33.8 Å². The molecular formula is C9H9BrF3NO. The number of halogens is 4. The average molecular weight is 284 g/mol. The van der Waals surface area contributed by atoms with Gasteiger partial charge < -0.3 is 10.8 Å². The van der Waals surface area contributed by atoms with Crippen LogP contribution in [0, 0.1) is 0 Å². The smallest absolute Gasteiger partial charge is 0.387 e. The highest BCUT2D eigenvalue weighted by atomic mass is 79.9. The summed E-state index contributed by atoms with van der Waals surface area (Å²) in [5, 5.41) is 9.37. The van der Waals surface area contributed by atoms with Crippen LogP contribution in [0.2, 0.25) is 0 Å². The molecule has 0 aliphatic heterocycles. The van der Waals surface area contributed by atoms with E-state index in [1.54, 1.807) is 0 Å². The third-order valence-corrected chi connectivity index (χ3v) is 2.60. The fraction of sp³-hybridized carbons (Fsp3) is 0.333. The van der Waals surface area contributed by atoms with Gasteiger partial charge in [0, 0.05) is 11.0 Å². The van der Waals surface area contributed by atoms with E-state index in [1.165, 1.54) is 6.07 Å². The first kappa shape index (κ1) is 12.5. The van der Waals surface area contributed by atoms with Gasteiger partial charge in [0.1, 0.15) is 0 Å². The fourth-order valence-corrected chi connectivity index (χ4v) is 1.74. The lowest BCUT2D eigenvalue weighted by molar-refractivity contribution is -0.137. The van der Waals surface area contributed by atoms with Crippen molar-refractivity contribution < 1.29 is 18.3 Å². The Morgan fingerprint density at radius 1 is 1.40 bits per heavy atom. The molecule has 0 bridgehead atoms. The number of alkyl halides is 3. The Labute approximate surface area is 93.0 Å². The summed E-state index contributed by atoms with van der Waals surface area (Å²) in [6.45, 7) is -0.0377. The summed E-state index contributed by atoms with van der Waals surface area (Å²) < 4.78 is 37.0. The van der Waals surface area contributed by atoms with Crippen LogP contribution in [0.3, 0.4) is 0 Å². The molecule has 0 spiro atoms. The van der Waals surface area contributed by atoms with Crippen LogP contribution in [0.5, 0.6) is 0 Å². The molecule has 84 valence electrons. The predicted octanol–water partition coefficient (Wildman–Crippen LogP) is 2.46. The van der Waals surface area contributed by atoms with Crippen LogP contribution < -0.4 is 5.73 Å². The molecule has 1 rings (SSSR count). The summed E-state index contributed by atoms with van der Waals surface area (Å²) in [6.07, 6.45) is -5.34. The Morgan fingerprint density at radius 2 is 2.00 bits per heavy atom. The zero-order valence-corrected chi connectivity index (χ0v) is 9.14. The Balaban J connectivity index is 3.09. The largest absolute Gasteiger partial charge is 0.416 e. The van der Waals surface area contributed by atoms with Gasteiger partial charge in [0.2, 0.25) is 0 Å². The van der Waals surface area contributed by atoms with Crippen molar-refractivity contribution in [2.24, 2.45) is 5.73 Å². The molecule has 0 aromatic heterocycles. The van der Waals surface area contributed by atoms with E-state index in [9.17, 15) is 18.3 Å². The third kappa shape index (κ3) is 2.93. The van der Waals surface area contributed by atoms with Crippen molar-refractivity contribution in [2.45, 2.75) is 12.3 Å². The summed E-state index contributed by atoms with van der Waals surface area (Å²) in [5.41, 5.74) is 4.79. The van der Waals surface area contributed by atoms with E-state index in [1.807, 2.05) is 0 Å². The lowest BCUT2D eigenvalue weighted by Crippen LogP contribution is -2.13. The molecule has 3 N–H and O–H groups in total. The molecule has 1 aromatic carbocycles. The van der Waals surface area contributed by atoms with Gasteiger partial charge in [0.25, 0.3) is 0 Å². The molecule has 0 radical (unpaired) electrons. The van der Waals surface area contributed by atoms with E-state index in [0.29, 0.717) is 5.56 Å². The molecule has 0 amide bonds. The second kappa shape index (κ2) is 4.51. The zero-order chi connectivity index (χ0) is 11.6. The van der Waals surface area contributed by atoms with Gasteiger partial charge in [0.15, 0.2) is 0 Å². The number of hydrogen-bond acceptors (Lipinski definition) is 2. The summed E-state index contributed by atoms with van der Waals surface area (Å²) in [6, 6.07) is 3.05. The highest BCUT2D eigenvalue weighted by Gasteiger charge is 2.31. The monoisotopic (exact) mass is 283 g/mol. The number of aliphatic hydroxyl groups excluding tert-OH is 1. The van der Waals surface area contributed by atoms with Crippen LogP contribution in [0.1, 0.15) is 17.2 Å². The van der Waals surface area contributed by atoms with Crippen molar-refractivity contribution in [1.29, 1.82) is 0 Å². The van der Waals surface area contributed by atoms with Gasteiger partial charge in [-0.05, 0) is 17.7 Å². The van der Waals surface area contributed by atoms with Crippen LogP contribution in [-0.2, 0) is 6.18 Å². The molecule has 1 atom stereocenters. The predicted molar refractivity (Wildman–Crippen MR) is 53.2 cm³/mol. The summed E-state index contributed by atoms with van der Waals surface area (Å²) in [4.78, 5) is 0. The molecule has 0 unspecified atom stereocenters. The van der Waals surface area contributed by atoms with Gasteiger partial charge in [-0.2, -0.15) is 13.2 Å². The topological polar surface area (TPSA) is 46.2 Å². The molecule has 0 saturated carbocycles. The van der Waals surface area contributed by atoms with E-state index >= 15 is 0 Å². The molecule has 0 fully saturated rings.